The van der Waals surface area contributed by atoms with E-state index in [-0.39, 0.29) is 17.5 Å². The van der Waals surface area contributed by atoms with E-state index < -0.39 is 0 Å². The van der Waals surface area contributed by atoms with Gasteiger partial charge in [-0.05, 0) is 6.92 Å². The van der Waals surface area contributed by atoms with Crippen molar-refractivity contribution < 1.29 is 9.32 Å². The third kappa shape index (κ3) is 2.93. The van der Waals surface area contributed by atoms with Gasteiger partial charge in [0.15, 0.2) is 11.5 Å². The number of aryl methyl sites for hydroxylation is 1. The third-order valence-corrected chi connectivity index (χ3v) is 2.68. The van der Waals surface area contributed by atoms with Gasteiger partial charge in [-0.3, -0.25) is 4.79 Å². The minimum absolute atomic E-state index is 0.141. The zero-order chi connectivity index (χ0) is 14.7. The van der Waals surface area contributed by atoms with E-state index in [1.807, 2.05) is 13.8 Å². The first-order valence-electron chi connectivity index (χ1n) is 6.30. The molecule has 0 aliphatic carbocycles. The van der Waals surface area contributed by atoms with Crippen molar-refractivity contribution in [2.24, 2.45) is 0 Å². The number of nitrogens with one attached hydrogen (secondary N) is 2. The Labute approximate surface area is 116 Å². The van der Waals surface area contributed by atoms with Crippen LogP contribution in [-0.4, -0.2) is 28.1 Å². The molecule has 0 atom stereocenters. The number of anilines is 2. The van der Waals surface area contributed by atoms with Gasteiger partial charge in [-0.15, -0.1) is 0 Å². The first-order valence-corrected chi connectivity index (χ1v) is 6.30. The zero-order valence-corrected chi connectivity index (χ0v) is 11.9. The lowest BCUT2D eigenvalue weighted by atomic mass is 10.2. The molecule has 2 aromatic heterocycles. The quantitative estimate of drug-likeness (QED) is 0.888. The summed E-state index contributed by atoms with van der Waals surface area (Å²) in [6, 6.07) is 1.64. The SMILES string of the molecule is CNc1cnc(C(C)C)nc1C(=O)Nc1cc(C)on1. The lowest BCUT2D eigenvalue weighted by Gasteiger charge is -2.10. The summed E-state index contributed by atoms with van der Waals surface area (Å²) >= 11 is 0. The highest BCUT2D eigenvalue weighted by Crippen LogP contribution is 2.17. The summed E-state index contributed by atoms with van der Waals surface area (Å²) in [6.45, 7) is 5.69. The molecule has 0 saturated carbocycles. The van der Waals surface area contributed by atoms with Crippen LogP contribution in [0.25, 0.3) is 0 Å². The van der Waals surface area contributed by atoms with Crippen molar-refractivity contribution in [2.45, 2.75) is 26.7 Å². The highest BCUT2D eigenvalue weighted by Gasteiger charge is 2.17. The summed E-state index contributed by atoms with van der Waals surface area (Å²) in [7, 11) is 1.71. The Morgan fingerprint density at radius 2 is 2.15 bits per heavy atom. The van der Waals surface area contributed by atoms with Crippen molar-refractivity contribution in [1.82, 2.24) is 15.1 Å². The number of aromatic nitrogens is 3. The second-order valence-electron chi connectivity index (χ2n) is 4.67. The second-order valence-corrected chi connectivity index (χ2v) is 4.67. The standard InChI is InChI=1S/C13H17N5O2/c1-7(2)12-15-6-9(14-4)11(17-12)13(19)16-10-5-8(3)20-18-10/h5-7,14H,1-4H3,(H,16,18,19). The van der Waals surface area contributed by atoms with E-state index in [1.54, 1.807) is 26.2 Å². The van der Waals surface area contributed by atoms with Gasteiger partial charge in [-0.25, -0.2) is 9.97 Å². The van der Waals surface area contributed by atoms with Crippen LogP contribution < -0.4 is 10.6 Å². The molecular weight excluding hydrogens is 258 g/mol. The maximum Gasteiger partial charge on any atom is 0.277 e. The van der Waals surface area contributed by atoms with Gasteiger partial charge in [-0.2, -0.15) is 0 Å². The minimum Gasteiger partial charge on any atom is -0.385 e. The Morgan fingerprint density at radius 1 is 1.40 bits per heavy atom. The maximum absolute atomic E-state index is 12.3. The fourth-order valence-corrected chi connectivity index (χ4v) is 1.63. The van der Waals surface area contributed by atoms with E-state index in [9.17, 15) is 4.79 Å². The van der Waals surface area contributed by atoms with Crippen LogP contribution in [0.15, 0.2) is 16.8 Å². The number of rotatable bonds is 4. The molecule has 0 aliphatic heterocycles. The lowest BCUT2D eigenvalue weighted by molar-refractivity contribution is 0.102. The Kier molecular flexibility index (Phi) is 3.97. The molecule has 20 heavy (non-hydrogen) atoms. The van der Waals surface area contributed by atoms with Crippen molar-refractivity contribution >= 4 is 17.4 Å². The van der Waals surface area contributed by atoms with Crippen LogP contribution in [-0.2, 0) is 0 Å². The second kappa shape index (κ2) is 5.68. The Morgan fingerprint density at radius 3 is 2.70 bits per heavy atom. The summed E-state index contributed by atoms with van der Waals surface area (Å²) in [5.41, 5.74) is 0.846. The molecular formula is C13H17N5O2. The molecule has 2 N–H and O–H groups in total. The number of amides is 1. The normalized spacial score (nSPS) is 10.7. The van der Waals surface area contributed by atoms with Crippen LogP contribution in [0.2, 0.25) is 0 Å². The van der Waals surface area contributed by atoms with E-state index >= 15 is 0 Å². The van der Waals surface area contributed by atoms with Crippen LogP contribution in [0.1, 0.15) is 41.8 Å². The van der Waals surface area contributed by atoms with E-state index in [2.05, 4.69) is 25.8 Å². The fourth-order valence-electron chi connectivity index (χ4n) is 1.63. The number of hydrogen-bond donors (Lipinski definition) is 2. The van der Waals surface area contributed by atoms with Gasteiger partial charge in [0.25, 0.3) is 5.91 Å². The molecule has 0 radical (unpaired) electrons. The molecule has 0 spiro atoms. The molecule has 0 aromatic carbocycles. The number of nitrogens with zero attached hydrogens (tertiary/aromatic N) is 3. The van der Waals surface area contributed by atoms with Gasteiger partial charge < -0.3 is 15.2 Å². The van der Waals surface area contributed by atoms with Crippen LogP contribution in [0, 0.1) is 6.92 Å². The van der Waals surface area contributed by atoms with Gasteiger partial charge >= 0.3 is 0 Å². The Bertz CT molecular complexity index is 621. The zero-order valence-electron chi connectivity index (χ0n) is 11.9. The van der Waals surface area contributed by atoms with E-state index in [0.717, 1.165) is 0 Å². The summed E-state index contributed by atoms with van der Waals surface area (Å²) in [4.78, 5) is 20.8. The third-order valence-electron chi connectivity index (χ3n) is 2.68. The molecule has 2 aromatic rings. The summed E-state index contributed by atoms with van der Waals surface area (Å²) < 4.78 is 4.91. The molecule has 2 heterocycles. The average Bonchev–Trinajstić information content (AvgIpc) is 2.83. The topological polar surface area (TPSA) is 92.9 Å². The van der Waals surface area contributed by atoms with E-state index in [1.165, 1.54) is 0 Å². The van der Waals surface area contributed by atoms with Gasteiger partial charge in [0, 0.05) is 19.0 Å². The van der Waals surface area contributed by atoms with Gasteiger partial charge in [-0.1, -0.05) is 19.0 Å². The van der Waals surface area contributed by atoms with Gasteiger partial charge in [0.2, 0.25) is 0 Å². The first kappa shape index (κ1) is 14.0. The van der Waals surface area contributed by atoms with Crippen molar-refractivity contribution in [1.29, 1.82) is 0 Å². The minimum atomic E-state index is -0.355. The molecule has 7 nitrogen and oxygen atoms in total. The molecule has 0 unspecified atom stereocenters. The van der Waals surface area contributed by atoms with Gasteiger partial charge in [0.1, 0.15) is 11.6 Å². The van der Waals surface area contributed by atoms with Gasteiger partial charge in [0.05, 0.1) is 11.9 Å². The fraction of sp³-hybridized carbons (Fsp3) is 0.385. The summed E-state index contributed by atoms with van der Waals surface area (Å²) in [5, 5.41) is 9.27. The molecule has 0 aliphatic rings. The van der Waals surface area contributed by atoms with E-state index in [4.69, 9.17) is 4.52 Å². The van der Waals surface area contributed by atoms with Crippen molar-refractivity contribution in [3.8, 4) is 0 Å². The molecule has 0 saturated heterocycles. The summed E-state index contributed by atoms with van der Waals surface area (Å²) in [5.74, 6) is 1.39. The highest BCUT2D eigenvalue weighted by molar-refractivity contribution is 6.05. The molecule has 106 valence electrons. The average molecular weight is 275 g/mol. The van der Waals surface area contributed by atoms with E-state index in [0.29, 0.717) is 23.1 Å². The lowest BCUT2D eigenvalue weighted by Crippen LogP contribution is -2.18. The Hall–Kier alpha value is -2.44. The van der Waals surface area contributed by atoms with Crippen LogP contribution in [0.4, 0.5) is 11.5 Å². The molecule has 0 fully saturated rings. The van der Waals surface area contributed by atoms with Crippen molar-refractivity contribution in [2.75, 3.05) is 17.7 Å². The Balaban J connectivity index is 2.29. The molecule has 1 amide bonds. The highest BCUT2D eigenvalue weighted by atomic mass is 16.5. The predicted molar refractivity (Wildman–Crippen MR) is 74.9 cm³/mol. The predicted octanol–water partition coefficient (Wildman–Crippen LogP) is 2.19. The number of carbonyl (C=O) groups excluding carboxylic acids is 1. The smallest absolute Gasteiger partial charge is 0.277 e. The summed E-state index contributed by atoms with van der Waals surface area (Å²) in [6.07, 6.45) is 1.60. The first-order chi connectivity index (χ1) is 9.51. The number of hydrogen-bond acceptors (Lipinski definition) is 6. The largest absolute Gasteiger partial charge is 0.385 e. The van der Waals surface area contributed by atoms with Crippen LogP contribution in [0.3, 0.4) is 0 Å². The van der Waals surface area contributed by atoms with Crippen LogP contribution >= 0.6 is 0 Å². The molecule has 2 rings (SSSR count). The molecule has 0 bridgehead atoms. The van der Waals surface area contributed by atoms with Crippen molar-refractivity contribution in [3.63, 3.8) is 0 Å². The number of carbonyl (C=O) groups is 1. The van der Waals surface area contributed by atoms with Crippen LogP contribution in [0.5, 0.6) is 0 Å². The van der Waals surface area contributed by atoms with Crippen molar-refractivity contribution in [3.05, 3.63) is 29.5 Å². The maximum atomic E-state index is 12.3. The molecule has 7 heteroatoms. The monoisotopic (exact) mass is 275 g/mol.